The molecule has 0 aromatic heterocycles. The zero-order valence-electron chi connectivity index (χ0n) is 10.8. The molecule has 1 aliphatic heterocycles. The van der Waals surface area contributed by atoms with Gasteiger partial charge in [-0.25, -0.2) is 4.90 Å². The van der Waals surface area contributed by atoms with E-state index in [0.717, 1.165) is 4.90 Å². The SMILES string of the molecule is CC(=O)c1cccc2c1C(=O)N(c1ccccc1)C2=O. The Bertz CT molecular complexity index is 735. The molecule has 0 fully saturated rings. The fraction of sp³-hybridized carbons (Fsp3) is 0.0625. The van der Waals surface area contributed by atoms with Gasteiger partial charge in [0.15, 0.2) is 5.78 Å². The molecule has 2 amide bonds. The van der Waals surface area contributed by atoms with E-state index in [4.69, 9.17) is 0 Å². The third-order valence-electron chi connectivity index (χ3n) is 3.31. The highest BCUT2D eigenvalue weighted by molar-refractivity contribution is 6.36. The lowest BCUT2D eigenvalue weighted by atomic mass is 10.0. The molecule has 0 unspecified atom stereocenters. The smallest absolute Gasteiger partial charge is 0.266 e. The molecule has 20 heavy (non-hydrogen) atoms. The van der Waals surface area contributed by atoms with Crippen molar-refractivity contribution in [2.24, 2.45) is 0 Å². The summed E-state index contributed by atoms with van der Waals surface area (Å²) in [6, 6.07) is 13.5. The van der Waals surface area contributed by atoms with Crippen LogP contribution in [0.1, 0.15) is 38.0 Å². The Morgan fingerprint density at radius 2 is 1.60 bits per heavy atom. The number of carbonyl (C=O) groups excluding carboxylic acids is 3. The number of benzene rings is 2. The molecule has 2 aromatic rings. The van der Waals surface area contributed by atoms with E-state index in [0.29, 0.717) is 11.3 Å². The van der Waals surface area contributed by atoms with Crippen LogP contribution < -0.4 is 4.90 Å². The predicted octanol–water partition coefficient (Wildman–Crippen LogP) is 2.69. The quantitative estimate of drug-likeness (QED) is 0.619. The molecule has 98 valence electrons. The second-order valence-electron chi connectivity index (χ2n) is 4.57. The number of fused-ring (bicyclic) bond motifs is 1. The van der Waals surface area contributed by atoms with E-state index in [2.05, 4.69) is 0 Å². The molecule has 0 saturated heterocycles. The van der Waals surface area contributed by atoms with Crippen molar-refractivity contribution >= 4 is 23.3 Å². The van der Waals surface area contributed by atoms with E-state index >= 15 is 0 Å². The number of anilines is 1. The van der Waals surface area contributed by atoms with Gasteiger partial charge in [-0.1, -0.05) is 30.3 Å². The Morgan fingerprint density at radius 1 is 0.900 bits per heavy atom. The van der Waals surface area contributed by atoms with Crippen molar-refractivity contribution in [3.05, 3.63) is 65.2 Å². The number of amides is 2. The van der Waals surface area contributed by atoms with Gasteiger partial charge in [-0.05, 0) is 25.1 Å². The lowest BCUT2D eigenvalue weighted by Crippen LogP contribution is -2.29. The van der Waals surface area contributed by atoms with E-state index in [-0.39, 0.29) is 22.8 Å². The maximum absolute atomic E-state index is 12.5. The predicted molar refractivity (Wildman–Crippen MR) is 74.0 cm³/mol. The number of rotatable bonds is 2. The van der Waals surface area contributed by atoms with Gasteiger partial charge in [0.2, 0.25) is 0 Å². The van der Waals surface area contributed by atoms with Gasteiger partial charge in [0, 0.05) is 5.56 Å². The van der Waals surface area contributed by atoms with Gasteiger partial charge in [-0.3, -0.25) is 14.4 Å². The zero-order chi connectivity index (χ0) is 14.3. The first kappa shape index (κ1) is 12.3. The Kier molecular flexibility index (Phi) is 2.71. The minimum Gasteiger partial charge on any atom is -0.294 e. The Labute approximate surface area is 115 Å². The fourth-order valence-corrected chi connectivity index (χ4v) is 2.39. The van der Waals surface area contributed by atoms with Crippen molar-refractivity contribution in [3.63, 3.8) is 0 Å². The summed E-state index contributed by atoms with van der Waals surface area (Å²) in [5.41, 5.74) is 1.29. The normalized spacial score (nSPS) is 13.6. The molecular formula is C16H11NO3. The van der Waals surface area contributed by atoms with Crippen LogP contribution in [0.25, 0.3) is 0 Å². The number of hydrogen-bond acceptors (Lipinski definition) is 3. The largest absolute Gasteiger partial charge is 0.294 e. The van der Waals surface area contributed by atoms with Gasteiger partial charge in [0.1, 0.15) is 0 Å². The standard InChI is InChI=1S/C16H11NO3/c1-10(18)12-8-5-9-13-14(12)16(20)17(15(13)19)11-6-3-2-4-7-11/h2-9H,1H3. The number of Topliss-reactive ketones (excluding diaryl/α,β-unsaturated/α-hetero) is 1. The average molecular weight is 265 g/mol. The van der Waals surface area contributed by atoms with Crippen LogP contribution in [0, 0.1) is 0 Å². The summed E-state index contributed by atoms with van der Waals surface area (Å²) < 4.78 is 0. The van der Waals surface area contributed by atoms with Gasteiger partial charge in [0.05, 0.1) is 16.8 Å². The molecule has 0 N–H and O–H groups in total. The van der Waals surface area contributed by atoms with Gasteiger partial charge in [0.25, 0.3) is 11.8 Å². The lowest BCUT2D eigenvalue weighted by Gasteiger charge is -2.13. The van der Waals surface area contributed by atoms with E-state index < -0.39 is 5.91 Å². The zero-order valence-corrected chi connectivity index (χ0v) is 10.8. The number of carbonyl (C=O) groups is 3. The molecule has 0 bridgehead atoms. The molecule has 1 heterocycles. The summed E-state index contributed by atoms with van der Waals surface area (Å²) in [6.07, 6.45) is 0. The van der Waals surface area contributed by atoms with Crippen molar-refractivity contribution < 1.29 is 14.4 Å². The van der Waals surface area contributed by atoms with Crippen molar-refractivity contribution in [3.8, 4) is 0 Å². The summed E-state index contributed by atoms with van der Waals surface area (Å²) in [7, 11) is 0. The van der Waals surface area contributed by atoms with Crippen molar-refractivity contribution in [2.75, 3.05) is 4.90 Å². The van der Waals surface area contributed by atoms with Gasteiger partial charge < -0.3 is 0 Å². The number of para-hydroxylation sites is 1. The molecule has 1 aliphatic rings. The number of imide groups is 1. The minimum absolute atomic E-state index is 0.203. The maximum atomic E-state index is 12.5. The van der Waals surface area contributed by atoms with E-state index in [1.54, 1.807) is 42.5 Å². The third kappa shape index (κ3) is 1.66. The first-order valence-corrected chi connectivity index (χ1v) is 6.19. The minimum atomic E-state index is -0.443. The van der Waals surface area contributed by atoms with Gasteiger partial charge in [-0.2, -0.15) is 0 Å². The summed E-state index contributed by atoms with van der Waals surface area (Å²) >= 11 is 0. The van der Waals surface area contributed by atoms with E-state index in [1.807, 2.05) is 6.07 Å². The van der Waals surface area contributed by atoms with Gasteiger partial charge in [-0.15, -0.1) is 0 Å². The van der Waals surface area contributed by atoms with Crippen molar-refractivity contribution in [1.29, 1.82) is 0 Å². The Balaban J connectivity index is 2.18. The fourth-order valence-electron chi connectivity index (χ4n) is 2.39. The summed E-state index contributed by atoms with van der Waals surface area (Å²) in [6.45, 7) is 1.39. The average Bonchev–Trinajstić information content (AvgIpc) is 2.72. The molecule has 4 nitrogen and oxygen atoms in total. The molecule has 4 heteroatoms. The first-order chi connectivity index (χ1) is 9.61. The van der Waals surface area contributed by atoms with E-state index in [9.17, 15) is 14.4 Å². The number of hydrogen-bond donors (Lipinski definition) is 0. The highest BCUT2D eigenvalue weighted by Gasteiger charge is 2.38. The van der Waals surface area contributed by atoms with Crippen LogP contribution >= 0.6 is 0 Å². The van der Waals surface area contributed by atoms with Gasteiger partial charge >= 0.3 is 0 Å². The summed E-state index contributed by atoms with van der Waals surface area (Å²) in [4.78, 5) is 37.6. The maximum Gasteiger partial charge on any atom is 0.266 e. The van der Waals surface area contributed by atoms with Crippen LogP contribution in [0.5, 0.6) is 0 Å². The lowest BCUT2D eigenvalue weighted by molar-refractivity contribution is 0.0919. The van der Waals surface area contributed by atoms with Crippen LogP contribution in [0.2, 0.25) is 0 Å². The molecular weight excluding hydrogens is 254 g/mol. The van der Waals surface area contributed by atoms with E-state index in [1.165, 1.54) is 6.92 Å². The molecule has 0 atom stereocenters. The van der Waals surface area contributed by atoms with Crippen LogP contribution in [0.15, 0.2) is 48.5 Å². The summed E-state index contributed by atoms with van der Waals surface area (Å²) in [5.74, 6) is -1.06. The molecule has 0 saturated carbocycles. The van der Waals surface area contributed by atoms with Crippen LogP contribution in [0.3, 0.4) is 0 Å². The van der Waals surface area contributed by atoms with Crippen LogP contribution in [-0.2, 0) is 0 Å². The molecule has 3 rings (SSSR count). The second kappa shape index (κ2) is 4.42. The molecule has 0 aliphatic carbocycles. The Hall–Kier alpha value is -2.75. The van der Waals surface area contributed by atoms with Crippen molar-refractivity contribution in [2.45, 2.75) is 6.92 Å². The highest BCUT2D eigenvalue weighted by atomic mass is 16.2. The first-order valence-electron chi connectivity index (χ1n) is 6.19. The second-order valence-corrected chi connectivity index (χ2v) is 4.57. The Morgan fingerprint density at radius 3 is 2.25 bits per heavy atom. The molecule has 2 aromatic carbocycles. The molecule has 0 spiro atoms. The number of ketones is 1. The highest BCUT2D eigenvalue weighted by Crippen LogP contribution is 2.30. The topological polar surface area (TPSA) is 54.5 Å². The summed E-state index contributed by atoms with van der Waals surface area (Å²) in [5, 5.41) is 0. The number of nitrogens with zero attached hydrogens (tertiary/aromatic N) is 1. The third-order valence-corrected chi connectivity index (χ3v) is 3.31. The van der Waals surface area contributed by atoms with Crippen LogP contribution in [-0.4, -0.2) is 17.6 Å². The molecule has 0 radical (unpaired) electrons. The monoisotopic (exact) mass is 265 g/mol. The van der Waals surface area contributed by atoms with Crippen molar-refractivity contribution in [1.82, 2.24) is 0 Å². The van der Waals surface area contributed by atoms with Crippen LogP contribution in [0.4, 0.5) is 5.69 Å².